The van der Waals surface area contributed by atoms with Gasteiger partial charge in [0, 0.05) is 18.3 Å². The summed E-state index contributed by atoms with van der Waals surface area (Å²) in [4.78, 5) is 54.7. The molecule has 16 heteroatoms. The maximum Gasteiger partial charge on any atom is 0.336 e. The number of phenols is 1. The molecule has 41 heavy (non-hydrogen) atoms. The lowest BCUT2D eigenvalue weighted by Gasteiger charge is -2.21. The van der Waals surface area contributed by atoms with E-state index >= 15 is 0 Å². The van der Waals surface area contributed by atoms with Crippen LogP contribution in [0.4, 0.5) is 27.0 Å². The number of aromatic nitrogens is 4. The van der Waals surface area contributed by atoms with Gasteiger partial charge in [-0.15, -0.1) is 0 Å². The van der Waals surface area contributed by atoms with Crippen molar-refractivity contribution in [1.82, 2.24) is 19.9 Å². The van der Waals surface area contributed by atoms with E-state index in [0.29, 0.717) is 26.8 Å². The molecule has 4 aromatic rings. The van der Waals surface area contributed by atoms with Gasteiger partial charge >= 0.3 is 12.1 Å². The number of hydrogen-bond donors (Lipinski definition) is 6. The molecule has 0 spiro atoms. The molecular weight excluding hydrogens is 532 g/mol. The minimum atomic E-state index is -1.06. The van der Waals surface area contributed by atoms with Crippen LogP contribution in [0.3, 0.4) is 0 Å². The second-order valence-electron chi connectivity index (χ2n) is 9.00. The number of phenolic OH excluding ortho intramolecular Hbond substituents is 1. The number of fused-ring (bicyclic) bond motifs is 1. The highest BCUT2D eigenvalue weighted by Crippen LogP contribution is 2.24. The number of benzene rings is 2. The Balaban J connectivity index is 1.53. The van der Waals surface area contributed by atoms with E-state index in [0.717, 1.165) is 5.69 Å². The molecule has 2 aromatic heterocycles. The Morgan fingerprint density at radius 3 is 2.22 bits per heavy atom. The fourth-order valence-corrected chi connectivity index (χ4v) is 3.91. The van der Waals surface area contributed by atoms with Crippen LogP contribution in [0.25, 0.3) is 11.2 Å². The van der Waals surface area contributed by atoms with Crippen LogP contribution in [0.2, 0.25) is 0 Å². The third-order valence-electron chi connectivity index (χ3n) is 6.11. The number of Topliss-reactive ketones (excluding diaryl/α,β-unsaturated/α-hetero) is 1. The molecule has 0 aliphatic carbocycles. The Kier molecular flexibility index (Phi) is 8.18. The topological polar surface area (TPSA) is 263 Å². The van der Waals surface area contributed by atoms with Gasteiger partial charge in [-0.1, -0.05) is 18.2 Å². The van der Waals surface area contributed by atoms with Crippen LogP contribution in [-0.4, -0.2) is 56.0 Å². The van der Waals surface area contributed by atoms with Crippen molar-refractivity contribution in [2.75, 3.05) is 22.0 Å². The van der Waals surface area contributed by atoms with Gasteiger partial charge in [-0.3, -0.25) is 4.79 Å². The van der Waals surface area contributed by atoms with E-state index in [2.05, 4.69) is 19.9 Å². The predicted molar refractivity (Wildman–Crippen MR) is 150 cm³/mol. The first-order valence-corrected chi connectivity index (χ1v) is 12.1. The molecule has 2 heterocycles. The molecule has 0 saturated heterocycles. The lowest BCUT2D eigenvalue weighted by Crippen LogP contribution is -2.45. The van der Waals surface area contributed by atoms with Gasteiger partial charge in [-0.2, -0.15) is 15.0 Å². The zero-order valence-corrected chi connectivity index (χ0v) is 21.9. The normalized spacial score (nSPS) is 11.6. The van der Waals surface area contributed by atoms with Crippen LogP contribution in [0.1, 0.15) is 21.6 Å². The third-order valence-corrected chi connectivity index (χ3v) is 6.11. The van der Waals surface area contributed by atoms with Gasteiger partial charge in [0.05, 0.1) is 24.5 Å². The molecule has 0 aliphatic rings. The molecule has 16 nitrogen and oxygen atoms in total. The first kappa shape index (κ1) is 28.6. The molecule has 0 bridgehead atoms. The summed E-state index contributed by atoms with van der Waals surface area (Å²) < 4.78 is 0. The van der Waals surface area contributed by atoms with E-state index in [1.807, 2.05) is 4.90 Å². The Bertz CT molecular complexity index is 1610. The SMILES string of the molecule is CN(Cc1cnc2nc(N(N)C(N)=O)nc(N(N)C(N)=O)c2n1)c1ccc(C(=O)C(N)Cc2ccccc2O)cc1. The molecule has 11 N–H and O–H groups in total. The predicted octanol–water partition coefficient (Wildman–Crippen LogP) is 0.0321. The number of carbonyl (C=O) groups excluding carboxylic acids is 3. The van der Waals surface area contributed by atoms with E-state index in [9.17, 15) is 19.5 Å². The minimum Gasteiger partial charge on any atom is -0.508 e. The lowest BCUT2D eigenvalue weighted by atomic mass is 9.97. The number of primary amides is 2. The Hall–Kier alpha value is -5.45. The standard InChI is InChI=1S/C25H28N12O4/c1-35(16-8-6-13(7-9-16)20(39)17(26)10-14-4-2-3-5-18(14)38)12-15-11-31-21-19(32-15)22(36(29)23(27)40)34-25(33-21)37(30)24(28)41/h2-9,11,17,38H,10,12,26,29-30H2,1H3,(H2,27,40)(H2,28,41). The number of amides is 4. The maximum atomic E-state index is 12.9. The van der Waals surface area contributed by atoms with Crippen LogP contribution in [0, 0.1) is 0 Å². The van der Waals surface area contributed by atoms with Crippen molar-refractivity contribution in [2.45, 2.75) is 19.0 Å². The molecule has 0 fully saturated rings. The Morgan fingerprint density at radius 1 is 0.927 bits per heavy atom. The number of hydrazine groups is 2. The van der Waals surface area contributed by atoms with Crippen molar-refractivity contribution in [2.24, 2.45) is 28.9 Å². The average molecular weight is 561 g/mol. The molecule has 4 rings (SSSR count). The number of nitrogens with zero attached hydrogens (tertiary/aromatic N) is 7. The summed E-state index contributed by atoms with van der Waals surface area (Å²) in [6, 6.07) is 10.6. The molecular formula is C25H28N12O4. The van der Waals surface area contributed by atoms with E-state index in [-0.39, 0.29) is 47.4 Å². The maximum absolute atomic E-state index is 12.9. The Morgan fingerprint density at radius 2 is 1.59 bits per heavy atom. The van der Waals surface area contributed by atoms with Gasteiger partial charge < -0.3 is 27.2 Å². The molecule has 1 unspecified atom stereocenters. The van der Waals surface area contributed by atoms with E-state index in [4.69, 9.17) is 28.9 Å². The van der Waals surface area contributed by atoms with E-state index in [1.165, 1.54) is 6.20 Å². The summed E-state index contributed by atoms with van der Waals surface area (Å²) in [7, 11) is 1.80. The molecule has 0 aliphatic heterocycles. The molecule has 0 radical (unpaired) electrons. The number of rotatable bonds is 9. The second-order valence-corrected chi connectivity index (χ2v) is 9.00. The summed E-state index contributed by atoms with van der Waals surface area (Å²) in [5.74, 6) is 10.6. The number of urea groups is 2. The van der Waals surface area contributed by atoms with Crippen molar-refractivity contribution in [1.29, 1.82) is 0 Å². The van der Waals surface area contributed by atoms with Crippen molar-refractivity contribution in [3.05, 3.63) is 71.5 Å². The third kappa shape index (κ3) is 6.25. The number of ketones is 1. The number of hydrogen-bond acceptors (Lipinski definition) is 12. The number of carbonyl (C=O) groups is 3. The monoisotopic (exact) mass is 560 g/mol. The summed E-state index contributed by atoms with van der Waals surface area (Å²) in [6.07, 6.45) is 1.63. The van der Waals surface area contributed by atoms with Crippen LogP contribution < -0.4 is 43.8 Å². The fourth-order valence-electron chi connectivity index (χ4n) is 3.91. The largest absolute Gasteiger partial charge is 0.508 e. The first-order chi connectivity index (χ1) is 19.5. The van der Waals surface area contributed by atoms with Crippen LogP contribution in [-0.2, 0) is 13.0 Å². The highest BCUT2D eigenvalue weighted by molar-refractivity contribution is 6.00. The van der Waals surface area contributed by atoms with Crippen molar-refractivity contribution in [3.8, 4) is 5.75 Å². The average Bonchev–Trinajstić information content (AvgIpc) is 2.96. The van der Waals surface area contributed by atoms with Gasteiger partial charge in [0.15, 0.2) is 22.8 Å². The van der Waals surface area contributed by atoms with E-state index < -0.39 is 18.1 Å². The summed E-state index contributed by atoms with van der Waals surface area (Å²) in [5.41, 5.74) is 18.8. The summed E-state index contributed by atoms with van der Waals surface area (Å²) >= 11 is 0. The molecule has 212 valence electrons. The number of aromatic hydroxyl groups is 1. The zero-order chi connectivity index (χ0) is 29.8. The first-order valence-electron chi connectivity index (χ1n) is 12.1. The van der Waals surface area contributed by atoms with Gasteiger partial charge in [-0.05, 0) is 42.3 Å². The molecule has 0 saturated carbocycles. The fraction of sp³-hybridized carbons (Fsp3) is 0.160. The van der Waals surface area contributed by atoms with Gasteiger partial charge in [0.2, 0.25) is 0 Å². The van der Waals surface area contributed by atoms with Gasteiger partial charge in [0.25, 0.3) is 5.95 Å². The van der Waals surface area contributed by atoms with Crippen LogP contribution >= 0.6 is 0 Å². The smallest absolute Gasteiger partial charge is 0.336 e. The number of anilines is 3. The summed E-state index contributed by atoms with van der Waals surface area (Å²) in [6.45, 7) is 0.246. The second kappa shape index (κ2) is 11.7. The van der Waals surface area contributed by atoms with Crippen molar-refractivity contribution < 1.29 is 19.5 Å². The minimum absolute atomic E-state index is 0.0205. The molecule has 1 atom stereocenters. The Labute approximate surface area is 233 Å². The number of nitrogens with two attached hydrogens (primary N) is 5. The van der Waals surface area contributed by atoms with Crippen LogP contribution in [0.5, 0.6) is 5.75 Å². The van der Waals surface area contributed by atoms with Crippen LogP contribution in [0.15, 0.2) is 54.7 Å². The summed E-state index contributed by atoms with van der Waals surface area (Å²) in [5, 5.41) is 10.9. The van der Waals surface area contributed by atoms with Crippen molar-refractivity contribution >= 4 is 46.5 Å². The van der Waals surface area contributed by atoms with E-state index in [1.54, 1.807) is 55.6 Å². The van der Waals surface area contributed by atoms with Crippen molar-refractivity contribution in [3.63, 3.8) is 0 Å². The van der Waals surface area contributed by atoms with Gasteiger partial charge in [0.1, 0.15) is 5.75 Å². The highest BCUT2D eigenvalue weighted by Gasteiger charge is 2.22. The van der Waals surface area contributed by atoms with Gasteiger partial charge in [-0.25, -0.2) is 36.3 Å². The number of para-hydroxylation sites is 1. The zero-order valence-electron chi connectivity index (χ0n) is 21.9. The highest BCUT2D eigenvalue weighted by atomic mass is 16.3. The molecule has 4 amide bonds. The molecule has 2 aromatic carbocycles. The lowest BCUT2D eigenvalue weighted by molar-refractivity contribution is 0.0960. The quantitative estimate of drug-likeness (QED) is 0.0685.